The molecule has 2 aromatic carbocycles. The van der Waals surface area contributed by atoms with Crippen molar-refractivity contribution in [2.75, 3.05) is 7.05 Å². The van der Waals surface area contributed by atoms with Crippen LogP contribution in [0.2, 0.25) is 10.0 Å². The Bertz CT molecular complexity index is 699. The van der Waals surface area contributed by atoms with Gasteiger partial charge in [-0.15, -0.1) is 0 Å². The molecule has 2 aromatic rings. The molecule has 21 heavy (non-hydrogen) atoms. The van der Waals surface area contributed by atoms with E-state index >= 15 is 0 Å². The molecule has 2 nitrogen and oxygen atoms in total. The van der Waals surface area contributed by atoms with Gasteiger partial charge in [0.1, 0.15) is 0 Å². The predicted molar refractivity (Wildman–Crippen MR) is 86.1 cm³/mol. The van der Waals surface area contributed by atoms with Crippen molar-refractivity contribution in [2.24, 2.45) is 0 Å². The van der Waals surface area contributed by atoms with E-state index in [-0.39, 0.29) is 11.9 Å². The fraction of sp³-hybridized carbons (Fsp3) is 0.235. The Kier molecular flexibility index (Phi) is 3.92. The Morgan fingerprint density at radius 3 is 2.71 bits per heavy atom. The van der Waals surface area contributed by atoms with Gasteiger partial charge >= 0.3 is 0 Å². The first kappa shape index (κ1) is 14.4. The second-order valence-corrected chi connectivity index (χ2v) is 6.14. The lowest BCUT2D eigenvalue weighted by Gasteiger charge is -2.26. The number of amides is 1. The molecule has 3 rings (SSSR count). The van der Waals surface area contributed by atoms with Crippen LogP contribution >= 0.6 is 23.2 Å². The van der Waals surface area contributed by atoms with Crippen molar-refractivity contribution in [2.45, 2.75) is 18.9 Å². The highest BCUT2D eigenvalue weighted by atomic mass is 35.5. The maximum absolute atomic E-state index is 12.7. The molecule has 0 fully saturated rings. The smallest absolute Gasteiger partial charge is 0.255 e. The van der Waals surface area contributed by atoms with Crippen LogP contribution in [0.4, 0.5) is 0 Å². The third kappa shape index (κ3) is 2.66. The van der Waals surface area contributed by atoms with Crippen LogP contribution in [0.3, 0.4) is 0 Å². The van der Waals surface area contributed by atoms with Crippen molar-refractivity contribution >= 4 is 29.1 Å². The van der Waals surface area contributed by atoms with Crippen LogP contribution < -0.4 is 0 Å². The predicted octanol–water partition coefficient (Wildman–Crippen LogP) is 4.75. The molecule has 0 N–H and O–H groups in total. The molecule has 0 aromatic heterocycles. The molecule has 1 aliphatic rings. The number of hydrogen-bond donors (Lipinski definition) is 0. The lowest BCUT2D eigenvalue weighted by molar-refractivity contribution is 0.0731. The molecular weight excluding hydrogens is 305 g/mol. The normalized spacial score (nSPS) is 16.6. The quantitative estimate of drug-likeness (QED) is 0.782. The first-order valence-corrected chi connectivity index (χ1v) is 7.63. The highest BCUT2D eigenvalue weighted by Gasteiger charge is 2.29. The lowest BCUT2D eigenvalue weighted by Crippen LogP contribution is -2.30. The van der Waals surface area contributed by atoms with Crippen LogP contribution in [-0.4, -0.2) is 17.9 Å². The Hall–Kier alpha value is -1.51. The highest BCUT2D eigenvalue weighted by Crippen LogP contribution is 2.36. The third-order valence-electron chi connectivity index (χ3n) is 4.05. The zero-order chi connectivity index (χ0) is 15.0. The van der Waals surface area contributed by atoms with E-state index < -0.39 is 0 Å². The number of benzene rings is 2. The zero-order valence-electron chi connectivity index (χ0n) is 11.6. The molecule has 108 valence electrons. The fourth-order valence-corrected chi connectivity index (χ4v) is 3.42. The molecule has 1 amide bonds. The first-order chi connectivity index (χ1) is 10.1. The maximum Gasteiger partial charge on any atom is 0.255 e. The number of fused-ring (bicyclic) bond motifs is 1. The van der Waals surface area contributed by atoms with Crippen molar-refractivity contribution in [1.82, 2.24) is 4.90 Å². The van der Waals surface area contributed by atoms with E-state index in [4.69, 9.17) is 23.2 Å². The van der Waals surface area contributed by atoms with Crippen LogP contribution in [0.5, 0.6) is 0 Å². The van der Waals surface area contributed by atoms with Crippen molar-refractivity contribution in [3.63, 3.8) is 0 Å². The summed E-state index contributed by atoms with van der Waals surface area (Å²) in [6.45, 7) is 0. The van der Waals surface area contributed by atoms with Gasteiger partial charge in [0.05, 0.1) is 16.6 Å². The molecule has 0 bridgehead atoms. The average Bonchev–Trinajstić information content (AvgIpc) is 2.90. The molecule has 1 atom stereocenters. The summed E-state index contributed by atoms with van der Waals surface area (Å²) in [6.07, 6.45) is 1.96. The maximum atomic E-state index is 12.7. The molecule has 0 spiro atoms. The van der Waals surface area contributed by atoms with Gasteiger partial charge in [0.25, 0.3) is 5.91 Å². The van der Waals surface area contributed by atoms with Gasteiger partial charge in [-0.3, -0.25) is 4.79 Å². The molecular formula is C17H15Cl2NO. The van der Waals surface area contributed by atoms with Gasteiger partial charge in [-0.1, -0.05) is 47.5 Å². The summed E-state index contributed by atoms with van der Waals surface area (Å²) in [6, 6.07) is 13.4. The fourth-order valence-electron chi connectivity index (χ4n) is 2.93. The number of nitrogens with zero attached hydrogens (tertiary/aromatic N) is 1. The molecule has 0 aliphatic heterocycles. The molecule has 1 aliphatic carbocycles. The van der Waals surface area contributed by atoms with Crippen LogP contribution in [0.25, 0.3) is 0 Å². The molecule has 4 heteroatoms. The molecule has 0 heterocycles. The Morgan fingerprint density at radius 2 is 1.95 bits per heavy atom. The SMILES string of the molecule is CN(C(=O)c1ccc(Cl)cc1Cl)[C@@H]1CCc2ccccc21. The summed E-state index contributed by atoms with van der Waals surface area (Å²) >= 11 is 12.0. The van der Waals surface area contributed by atoms with E-state index in [1.807, 2.05) is 19.2 Å². The van der Waals surface area contributed by atoms with Crippen molar-refractivity contribution in [3.05, 3.63) is 69.2 Å². The van der Waals surface area contributed by atoms with E-state index in [9.17, 15) is 4.79 Å². The summed E-state index contributed by atoms with van der Waals surface area (Å²) in [5.74, 6) is -0.0710. The van der Waals surface area contributed by atoms with E-state index in [2.05, 4.69) is 12.1 Å². The molecule has 0 radical (unpaired) electrons. The van der Waals surface area contributed by atoms with E-state index in [0.29, 0.717) is 15.6 Å². The van der Waals surface area contributed by atoms with E-state index in [1.165, 1.54) is 11.1 Å². The minimum atomic E-state index is -0.0710. The minimum absolute atomic E-state index is 0.0710. The van der Waals surface area contributed by atoms with Gasteiger partial charge in [-0.2, -0.15) is 0 Å². The monoisotopic (exact) mass is 319 g/mol. The number of halogens is 2. The number of aryl methyl sites for hydroxylation is 1. The van der Waals surface area contributed by atoms with Crippen molar-refractivity contribution < 1.29 is 4.79 Å². The molecule has 0 saturated carbocycles. The van der Waals surface area contributed by atoms with Crippen LogP contribution in [0.1, 0.15) is 33.9 Å². The Balaban J connectivity index is 1.89. The van der Waals surface area contributed by atoms with Gasteiger partial charge in [0.15, 0.2) is 0 Å². The Labute approximate surface area is 134 Å². The summed E-state index contributed by atoms with van der Waals surface area (Å²) in [7, 11) is 1.83. The van der Waals surface area contributed by atoms with Crippen molar-refractivity contribution in [3.8, 4) is 0 Å². The average molecular weight is 320 g/mol. The van der Waals surface area contributed by atoms with Crippen LogP contribution in [0.15, 0.2) is 42.5 Å². The molecule has 0 saturated heterocycles. The molecule has 0 unspecified atom stereocenters. The Morgan fingerprint density at radius 1 is 1.19 bits per heavy atom. The summed E-state index contributed by atoms with van der Waals surface area (Å²) < 4.78 is 0. The van der Waals surface area contributed by atoms with Gasteiger partial charge in [0, 0.05) is 12.1 Å². The minimum Gasteiger partial charge on any atom is -0.335 e. The zero-order valence-corrected chi connectivity index (χ0v) is 13.2. The van der Waals surface area contributed by atoms with Gasteiger partial charge in [-0.25, -0.2) is 0 Å². The lowest BCUT2D eigenvalue weighted by atomic mass is 10.1. The van der Waals surface area contributed by atoms with Crippen LogP contribution in [0, 0.1) is 0 Å². The largest absolute Gasteiger partial charge is 0.335 e. The van der Waals surface area contributed by atoms with E-state index in [0.717, 1.165) is 12.8 Å². The summed E-state index contributed by atoms with van der Waals surface area (Å²) in [4.78, 5) is 14.5. The second kappa shape index (κ2) is 5.70. The van der Waals surface area contributed by atoms with Gasteiger partial charge in [-0.05, 0) is 42.2 Å². The number of carbonyl (C=O) groups is 1. The number of rotatable bonds is 2. The van der Waals surface area contributed by atoms with Gasteiger partial charge in [0.2, 0.25) is 0 Å². The standard InChI is InChI=1S/C17H15Cl2NO/c1-20(16-9-6-11-4-2-3-5-13(11)16)17(21)14-8-7-12(18)10-15(14)19/h2-5,7-8,10,16H,6,9H2,1H3/t16-/m1/s1. The topological polar surface area (TPSA) is 20.3 Å². The van der Waals surface area contributed by atoms with E-state index in [1.54, 1.807) is 23.1 Å². The summed E-state index contributed by atoms with van der Waals surface area (Å²) in [5.41, 5.74) is 3.05. The third-order valence-corrected chi connectivity index (χ3v) is 4.60. The number of hydrogen-bond acceptors (Lipinski definition) is 1. The summed E-state index contributed by atoms with van der Waals surface area (Å²) in [5, 5.41) is 0.927. The number of carbonyl (C=O) groups excluding carboxylic acids is 1. The van der Waals surface area contributed by atoms with Gasteiger partial charge < -0.3 is 4.90 Å². The highest BCUT2D eigenvalue weighted by molar-refractivity contribution is 6.36. The first-order valence-electron chi connectivity index (χ1n) is 6.88. The van der Waals surface area contributed by atoms with Crippen molar-refractivity contribution in [1.29, 1.82) is 0 Å². The second-order valence-electron chi connectivity index (χ2n) is 5.29. The van der Waals surface area contributed by atoms with Crippen LogP contribution in [-0.2, 0) is 6.42 Å².